The molecule has 144 valence electrons. The largest absolute Gasteiger partial charge is 0.355 e. The summed E-state index contributed by atoms with van der Waals surface area (Å²) in [7, 11) is 5.51. The lowest BCUT2D eigenvalue weighted by Crippen LogP contribution is -2.50. The van der Waals surface area contributed by atoms with Gasteiger partial charge in [-0.3, -0.25) is 14.7 Å². The van der Waals surface area contributed by atoms with Crippen molar-refractivity contribution in [3.05, 3.63) is 0 Å². The minimum Gasteiger partial charge on any atom is -0.355 e. The Morgan fingerprint density at radius 3 is 2.52 bits per heavy atom. The minimum atomic E-state index is -0.261. The number of nitrogens with one attached hydrogen (secondary N) is 2. The van der Waals surface area contributed by atoms with Crippen LogP contribution in [0.3, 0.4) is 0 Å². The number of aliphatic imine (C=N–C) groups is 1. The third-order valence-corrected chi connectivity index (χ3v) is 5.87. The summed E-state index contributed by atoms with van der Waals surface area (Å²) in [5.74, 6) is 1.05. The number of amides is 1. The highest BCUT2D eigenvalue weighted by molar-refractivity contribution is 5.85. The topological polar surface area (TPSA) is 60.0 Å². The third-order valence-electron chi connectivity index (χ3n) is 5.87. The van der Waals surface area contributed by atoms with E-state index in [4.69, 9.17) is 0 Å². The van der Waals surface area contributed by atoms with Gasteiger partial charge in [0.05, 0.1) is 5.41 Å². The predicted molar refractivity (Wildman–Crippen MR) is 104 cm³/mol. The van der Waals surface area contributed by atoms with Crippen LogP contribution in [0.1, 0.15) is 51.9 Å². The van der Waals surface area contributed by atoms with Crippen molar-refractivity contribution in [2.24, 2.45) is 10.4 Å². The lowest BCUT2D eigenvalue weighted by Gasteiger charge is -2.33. The average Bonchev–Trinajstić information content (AvgIpc) is 3.08. The van der Waals surface area contributed by atoms with Gasteiger partial charge in [0.15, 0.2) is 5.96 Å². The van der Waals surface area contributed by atoms with E-state index >= 15 is 0 Å². The second kappa shape index (κ2) is 9.41. The molecule has 1 saturated heterocycles. The van der Waals surface area contributed by atoms with Crippen molar-refractivity contribution in [1.29, 1.82) is 0 Å². The summed E-state index contributed by atoms with van der Waals surface area (Å²) in [5, 5.41) is 6.83. The van der Waals surface area contributed by atoms with Crippen molar-refractivity contribution in [3.63, 3.8) is 0 Å². The Morgan fingerprint density at radius 2 is 1.92 bits per heavy atom. The second-order valence-electron chi connectivity index (χ2n) is 7.92. The summed E-state index contributed by atoms with van der Waals surface area (Å²) in [6, 6.07) is 0.685. The van der Waals surface area contributed by atoms with E-state index in [0.29, 0.717) is 12.6 Å². The van der Waals surface area contributed by atoms with Gasteiger partial charge in [0.25, 0.3) is 0 Å². The number of carbonyl (C=O) groups is 1. The van der Waals surface area contributed by atoms with Crippen LogP contribution in [0.4, 0.5) is 0 Å². The molecule has 1 aliphatic heterocycles. The summed E-state index contributed by atoms with van der Waals surface area (Å²) in [4.78, 5) is 21.3. The van der Waals surface area contributed by atoms with Crippen LogP contribution < -0.4 is 10.6 Å². The fourth-order valence-corrected chi connectivity index (χ4v) is 4.27. The first-order valence-corrected chi connectivity index (χ1v) is 9.89. The molecule has 0 spiro atoms. The van der Waals surface area contributed by atoms with Crippen molar-refractivity contribution in [1.82, 2.24) is 20.4 Å². The number of hydrogen-bond acceptors (Lipinski definition) is 3. The van der Waals surface area contributed by atoms with Crippen molar-refractivity contribution in [2.45, 2.75) is 57.9 Å². The zero-order valence-corrected chi connectivity index (χ0v) is 16.6. The van der Waals surface area contributed by atoms with E-state index < -0.39 is 0 Å². The highest BCUT2D eigenvalue weighted by Gasteiger charge is 2.42. The van der Waals surface area contributed by atoms with Crippen LogP contribution in [-0.2, 0) is 4.79 Å². The number of guanidine groups is 1. The molecule has 2 aliphatic rings. The molecular weight excluding hydrogens is 314 g/mol. The molecule has 0 radical (unpaired) electrons. The number of nitrogens with zero attached hydrogens (tertiary/aromatic N) is 3. The van der Waals surface area contributed by atoms with E-state index in [1.165, 1.54) is 25.8 Å². The molecule has 2 fully saturated rings. The summed E-state index contributed by atoms with van der Waals surface area (Å²) >= 11 is 0. The summed E-state index contributed by atoms with van der Waals surface area (Å²) in [6.07, 6.45) is 8.20. The van der Waals surface area contributed by atoms with Crippen LogP contribution in [0, 0.1) is 5.41 Å². The lowest BCUT2D eigenvalue weighted by molar-refractivity contribution is -0.138. The molecule has 1 aliphatic carbocycles. The first kappa shape index (κ1) is 20.0. The first-order valence-electron chi connectivity index (χ1n) is 9.89. The van der Waals surface area contributed by atoms with Crippen LogP contribution in [0.5, 0.6) is 0 Å². The molecule has 1 saturated carbocycles. The van der Waals surface area contributed by atoms with Gasteiger partial charge < -0.3 is 15.5 Å². The molecule has 2 rings (SSSR count). The molecular formula is C19H37N5O. The Labute approximate surface area is 153 Å². The van der Waals surface area contributed by atoms with Gasteiger partial charge in [-0.15, -0.1) is 0 Å². The van der Waals surface area contributed by atoms with Crippen LogP contribution in [0.2, 0.25) is 0 Å². The standard InChI is InChI=1S/C19H37N5O/c1-16-9-5-8-13-24(16)14-12-21-18(20-2)22-15-19(10-6-7-11-19)17(25)23(3)4/h16H,5-15H2,1-4H3,(H2,20,21,22). The fraction of sp³-hybridized carbons (Fsp3) is 0.895. The van der Waals surface area contributed by atoms with Gasteiger partial charge in [-0.05, 0) is 39.2 Å². The Hall–Kier alpha value is -1.30. The molecule has 6 heteroatoms. The van der Waals surface area contributed by atoms with E-state index in [1.807, 2.05) is 14.1 Å². The Bertz CT molecular complexity index is 457. The van der Waals surface area contributed by atoms with Crippen molar-refractivity contribution in [3.8, 4) is 0 Å². The number of carbonyl (C=O) groups excluding carboxylic acids is 1. The van der Waals surface area contributed by atoms with E-state index in [1.54, 1.807) is 11.9 Å². The molecule has 0 bridgehead atoms. The molecule has 25 heavy (non-hydrogen) atoms. The summed E-state index contributed by atoms with van der Waals surface area (Å²) < 4.78 is 0. The van der Waals surface area contributed by atoms with E-state index in [-0.39, 0.29) is 11.3 Å². The van der Waals surface area contributed by atoms with Crippen LogP contribution >= 0.6 is 0 Å². The quantitative estimate of drug-likeness (QED) is 0.565. The highest BCUT2D eigenvalue weighted by Crippen LogP contribution is 2.38. The zero-order chi connectivity index (χ0) is 18.3. The summed E-state index contributed by atoms with van der Waals surface area (Å²) in [5.41, 5.74) is -0.261. The molecule has 1 heterocycles. The predicted octanol–water partition coefficient (Wildman–Crippen LogP) is 1.67. The molecule has 0 aromatic rings. The van der Waals surface area contributed by atoms with Gasteiger partial charge in [0.1, 0.15) is 0 Å². The fourth-order valence-electron chi connectivity index (χ4n) is 4.27. The van der Waals surface area contributed by atoms with Gasteiger partial charge >= 0.3 is 0 Å². The maximum absolute atomic E-state index is 12.6. The lowest BCUT2D eigenvalue weighted by atomic mass is 9.84. The van der Waals surface area contributed by atoms with E-state index in [0.717, 1.165) is 44.7 Å². The maximum atomic E-state index is 12.6. The number of rotatable bonds is 6. The van der Waals surface area contributed by atoms with Crippen LogP contribution in [0.25, 0.3) is 0 Å². The van der Waals surface area contributed by atoms with Crippen molar-refractivity contribution < 1.29 is 4.79 Å². The third kappa shape index (κ3) is 5.33. The highest BCUT2D eigenvalue weighted by atomic mass is 16.2. The second-order valence-corrected chi connectivity index (χ2v) is 7.92. The number of hydrogen-bond donors (Lipinski definition) is 2. The molecule has 0 aromatic carbocycles. The zero-order valence-electron chi connectivity index (χ0n) is 16.6. The van der Waals surface area contributed by atoms with E-state index in [9.17, 15) is 4.79 Å². The monoisotopic (exact) mass is 351 g/mol. The summed E-state index contributed by atoms with van der Waals surface area (Å²) in [6.45, 7) is 6.13. The number of likely N-dealkylation sites (tertiary alicyclic amines) is 1. The smallest absolute Gasteiger partial charge is 0.230 e. The van der Waals surface area contributed by atoms with Gasteiger partial charge in [-0.2, -0.15) is 0 Å². The molecule has 2 N–H and O–H groups in total. The SMILES string of the molecule is CN=C(NCCN1CCCCC1C)NCC1(C(=O)N(C)C)CCCC1. The molecule has 6 nitrogen and oxygen atoms in total. The van der Waals surface area contributed by atoms with Crippen LogP contribution in [-0.4, -0.2) is 75.0 Å². The van der Waals surface area contributed by atoms with Gasteiger partial charge in [0.2, 0.25) is 5.91 Å². The van der Waals surface area contributed by atoms with Gasteiger partial charge in [-0.25, -0.2) is 0 Å². The normalized spacial score (nSPS) is 24.2. The van der Waals surface area contributed by atoms with Gasteiger partial charge in [-0.1, -0.05) is 19.3 Å². The maximum Gasteiger partial charge on any atom is 0.230 e. The van der Waals surface area contributed by atoms with E-state index in [2.05, 4.69) is 27.4 Å². The molecule has 1 atom stereocenters. The minimum absolute atomic E-state index is 0.245. The van der Waals surface area contributed by atoms with Crippen molar-refractivity contribution in [2.75, 3.05) is 47.3 Å². The Balaban J connectivity index is 1.80. The first-order chi connectivity index (χ1) is 12.0. The average molecular weight is 352 g/mol. The van der Waals surface area contributed by atoms with Gasteiger partial charge in [0, 0.05) is 46.8 Å². The molecule has 1 amide bonds. The Kier molecular flexibility index (Phi) is 7.54. The van der Waals surface area contributed by atoms with Crippen LogP contribution in [0.15, 0.2) is 4.99 Å². The van der Waals surface area contributed by atoms with Crippen molar-refractivity contribution >= 4 is 11.9 Å². The number of piperidine rings is 1. The Morgan fingerprint density at radius 1 is 1.20 bits per heavy atom. The molecule has 1 unspecified atom stereocenters. The molecule has 0 aromatic heterocycles.